The third kappa shape index (κ3) is 3.46. The molecule has 0 aromatic rings. The number of ether oxygens (including phenoxy) is 1. The van der Waals surface area contributed by atoms with Gasteiger partial charge in [-0.3, -0.25) is 4.79 Å². The molecule has 2 fully saturated rings. The lowest BCUT2D eigenvalue weighted by atomic mass is 9.98. The number of aliphatic carboxylic acids is 1. The number of methoxy groups -OCH3 is 1. The van der Waals surface area contributed by atoms with E-state index in [1.54, 1.807) is 9.80 Å². The zero-order valence-electron chi connectivity index (χ0n) is 12.3. The minimum absolute atomic E-state index is 0.221. The van der Waals surface area contributed by atoms with E-state index in [0.29, 0.717) is 32.4 Å². The zero-order chi connectivity index (χ0) is 15.4. The van der Waals surface area contributed by atoms with E-state index >= 15 is 0 Å². The van der Waals surface area contributed by atoms with Crippen LogP contribution < -0.4 is 0 Å². The van der Waals surface area contributed by atoms with Gasteiger partial charge in [0.15, 0.2) is 0 Å². The van der Waals surface area contributed by atoms with Gasteiger partial charge in [-0.1, -0.05) is 0 Å². The van der Waals surface area contributed by atoms with Crippen molar-refractivity contribution in [2.45, 2.75) is 38.1 Å². The largest absolute Gasteiger partial charge is 0.481 e. The molecule has 2 aliphatic heterocycles. The highest BCUT2D eigenvalue weighted by atomic mass is 16.5. The van der Waals surface area contributed by atoms with Crippen LogP contribution in [0.1, 0.15) is 32.1 Å². The predicted octanol–water partition coefficient (Wildman–Crippen LogP) is 0.930. The number of hydrogen-bond acceptors (Lipinski definition) is 4. The molecule has 7 heteroatoms. The number of rotatable bonds is 2. The van der Waals surface area contributed by atoms with E-state index in [2.05, 4.69) is 0 Å². The summed E-state index contributed by atoms with van der Waals surface area (Å²) in [5.74, 6) is -1.77. The van der Waals surface area contributed by atoms with E-state index in [4.69, 9.17) is 9.84 Å². The second kappa shape index (κ2) is 6.78. The Morgan fingerprint density at radius 1 is 1.10 bits per heavy atom. The molecular weight excluding hydrogens is 276 g/mol. The molecule has 0 bridgehead atoms. The number of carboxylic acids is 1. The monoisotopic (exact) mass is 298 g/mol. The lowest BCUT2D eigenvalue weighted by Crippen LogP contribution is -2.55. The van der Waals surface area contributed by atoms with Gasteiger partial charge in [0.2, 0.25) is 0 Å². The number of urea groups is 1. The van der Waals surface area contributed by atoms with Crippen LogP contribution in [0.4, 0.5) is 4.79 Å². The van der Waals surface area contributed by atoms with Crippen molar-refractivity contribution >= 4 is 18.0 Å². The summed E-state index contributed by atoms with van der Waals surface area (Å²) in [6.45, 7) is 1.29. The van der Waals surface area contributed by atoms with Gasteiger partial charge in [0.1, 0.15) is 6.04 Å². The third-order valence-electron chi connectivity index (χ3n) is 4.26. The molecule has 0 radical (unpaired) electrons. The number of carbonyl (C=O) groups is 3. The van der Waals surface area contributed by atoms with Crippen LogP contribution in [0.5, 0.6) is 0 Å². The Labute approximate surface area is 123 Å². The highest BCUT2D eigenvalue weighted by Gasteiger charge is 2.37. The molecule has 1 unspecified atom stereocenters. The van der Waals surface area contributed by atoms with Crippen LogP contribution in [-0.2, 0) is 14.3 Å². The lowest BCUT2D eigenvalue weighted by molar-refractivity contribution is -0.148. The smallest absolute Gasteiger partial charge is 0.328 e. The Morgan fingerprint density at radius 3 is 2.52 bits per heavy atom. The minimum Gasteiger partial charge on any atom is -0.481 e. The minimum atomic E-state index is -0.865. The van der Waals surface area contributed by atoms with Gasteiger partial charge in [-0.05, 0) is 32.1 Å². The summed E-state index contributed by atoms with van der Waals surface area (Å²) in [5, 5.41) is 9.10. The van der Waals surface area contributed by atoms with E-state index in [9.17, 15) is 14.4 Å². The average molecular weight is 298 g/mol. The first-order valence-corrected chi connectivity index (χ1v) is 7.40. The number of piperidine rings is 2. The molecule has 0 spiro atoms. The van der Waals surface area contributed by atoms with Gasteiger partial charge >= 0.3 is 18.0 Å². The van der Waals surface area contributed by atoms with Crippen LogP contribution in [0, 0.1) is 5.92 Å². The van der Waals surface area contributed by atoms with Crippen LogP contribution >= 0.6 is 0 Å². The number of hydrogen-bond donors (Lipinski definition) is 1. The summed E-state index contributed by atoms with van der Waals surface area (Å²) in [6, 6.07) is -0.780. The van der Waals surface area contributed by atoms with Gasteiger partial charge in [-0.15, -0.1) is 0 Å². The van der Waals surface area contributed by atoms with Crippen LogP contribution in [-0.4, -0.2) is 65.7 Å². The maximum atomic E-state index is 12.6. The van der Waals surface area contributed by atoms with E-state index in [-0.39, 0.29) is 12.6 Å². The first-order valence-electron chi connectivity index (χ1n) is 7.40. The normalized spacial score (nSPS) is 26.3. The van der Waals surface area contributed by atoms with E-state index in [1.165, 1.54) is 7.11 Å². The first-order chi connectivity index (χ1) is 10.0. The molecule has 0 aliphatic carbocycles. The van der Waals surface area contributed by atoms with Crippen molar-refractivity contribution in [3.05, 3.63) is 0 Å². The van der Waals surface area contributed by atoms with Crippen molar-refractivity contribution in [3.63, 3.8) is 0 Å². The molecule has 2 saturated heterocycles. The highest BCUT2D eigenvalue weighted by Crippen LogP contribution is 2.23. The van der Waals surface area contributed by atoms with Crippen molar-refractivity contribution in [3.8, 4) is 0 Å². The molecule has 0 aromatic heterocycles. The van der Waals surface area contributed by atoms with Crippen LogP contribution in [0.3, 0.4) is 0 Å². The number of likely N-dealkylation sites (tertiary alicyclic amines) is 2. The van der Waals surface area contributed by atoms with Crippen molar-refractivity contribution < 1.29 is 24.2 Å². The van der Waals surface area contributed by atoms with Crippen molar-refractivity contribution in [2.24, 2.45) is 5.92 Å². The van der Waals surface area contributed by atoms with Gasteiger partial charge in [-0.2, -0.15) is 0 Å². The summed E-state index contributed by atoms with van der Waals surface area (Å²) in [7, 11) is 1.32. The molecule has 2 amide bonds. The quantitative estimate of drug-likeness (QED) is 0.766. The average Bonchev–Trinajstić information content (AvgIpc) is 2.53. The number of esters is 1. The lowest BCUT2D eigenvalue weighted by Gasteiger charge is -2.39. The molecular formula is C14H22N2O5. The second-order valence-electron chi connectivity index (χ2n) is 5.63. The molecule has 2 aliphatic rings. The predicted molar refractivity (Wildman–Crippen MR) is 73.7 cm³/mol. The van der Waals surface area contributed by atoms with Crippen molar-refractivity contribution in [1.29, 1.82) is 0 Å². The summed E-state index contributed by atoms with van der Waals surface area (Å²) in [5.41, 5.74) is 0. The maximum absolute atomic E-state index is 12.6. The van der Waals surface area contributed by atoms with Gasteiger partial charge in [0.05, 0.1) is 13.0 Å². The number of carbonyl (C=O) groups excluding carboxylic acids is 2. The third-order valence-corrected chi connectivity index (χ3v) is 4.26. The summed E-state index contributed by atoms with van der Waals surface area (Å²) in [6.07, 6.45) is 3.63. The molecule has 0 aromatic carbocycles. The van der Waals surface area contributed by atoms with E-state index in [0.717, 1.165) is 12.8 Å². The first kappa shape index (κ1) is 15.6. The van der Waals surface area contributed by atoms with Gasteiger partial charge in [-0.25, -0.2) is 9.59 Å². The standard InChI is InChI=1S/C14H22N2O5/c1-21-13(19)11-6-2-3-8-16(11)14(20)15-7-4-5-10(9-15)12(17)18/h10-11H,2-9H2,1H3,(H,17,18)/t10-,11?/m1/s1. The molecule has 118 valence electrons. The number of nitrogens with zero attached hydrogens (tertiary/aromatic N) is 2. The molecule has 2 heterocycles. The van der Waals surface area contributed by atoms with Crippen LogP contribution in [0.15, 0.2) is 0 Å². The Kier molecular flexibility index (Phi) is 5.03. The fraction of sp³-hybridized carbons (Fsp3) is 0.786. The second-order valence-corrected chi connectivity index (χ2v) is 5.63. The Morgan fingerprint density at radius 2 is 1.86 bits per heavy atom. The molecule has 7 nitrogen and oxygen atoms in total. The van der Waals surface area contributed by atoms with Gasteiger partial charge in [0, 0.05) is 19.6 Å². The summed E-state index contributed by atoms with van der Waals surface area (Å²) < 4.78 is 4.77. The summed E-state index contributed by atoms with van der Waals surface area (Å²) >= 11 is 0. The number of carboxylic acid groups (broad SMARTS) is 1. The number of amides is 2. The fourth-order valence-electron chi connectivity index (χ4n) is 3.08. The van der Waals surface area contributed by atoms with E-state index < -0.39 is 23.9 Å². The Bertz CT molecular complexity index is 426. The zero-order valence-corrected chi connectivity index (χ0v) is 12.3. The van der Waals surface area contributed by atoms with Crippen LogP contribution in [0.25, 0.3) is 0 Å². The van der Waals surface area contributed by atoms with Gasteiger partial charge in [0.25, 0.3) is 0 Å². The van der Waals surface area contributed by atoms with Crippen LogP contribution in [0.2, 0.25) is 0 Å². The fourth-order valence-corrected chi connectivity index (χ4v) is 3.08. The topological polar surface area (TPSA) is 87.2 Å². The molecule has 0 saturated carbocycles. The highest BCUT2D eigenvalue weighted by molar-refractivity contribution is 5.84. The van der Waals surface area contributed by atoms with Crippen molar-refractivity contribution in [2.75, 3.05) is 26.7 Å². The van der Waals surface area contributed by atoms with E-state index in [1.807, 2.05) is 0 Å². The Hall–Kier alpha value is -1.79. The van der Waals surface area contributed by atoms with Crippen molar-refractivity contribution in [1.82, 2.24) is 9.80 Å². The molecule has 21 heavy (non-hydrogen) atoms. The Balaban J connectivity index is 2.06. The summed E-state index contributed by atoms with van der Waals surface area (Å²) in [4.78, 5) is 38.6. The molecule has 2 rings (SSSR count). The van der Waals surface area contributed by atoms with Gasteiger partial charge < -0.3 is 19.6 Å². The SMILES string of the molecule is COC(=O)C1CCCCN1C(=O)N1CCC[C@@H](C(=O)O)C1. The maximum Gasteiger partial charge on any atom is 0.328 e. The molecule has 1 N–H and O–H groups in total. The molecule has 2 atom stereocenters.